The Bertz CT molecular complexity index is 781. The lowest BCUT2D eigenvalue weighted by Gasteiger charge is -2.55. The van der Waals surface area contributed by atoms with E-state index < -0.39 is 33.0 Å². The van der Waals surface area contributed by atoms with Gasteiger partial charge in [0.05, 0.1) is 43.0 Å². The molecule has 1 heterocycles. The van der Waals surface area contributed by atoms with E-state index in [-0.39, 0.29) is 18.1 Å². The van der Waals surface area contributed by atoms with Crippen molar-refractivity contribution in [2.45, 2.75) is 62.9 Å². The van der Waals surface area contributed by atoms with Crippen LogP contribution in [-0.4, -0.2) is 57.4 Å². The van der Waals surface area contributed by atoms with Crippen molar-refractivity contribution in [1.29, 1.82) is 0 Å². The first-order valence-corrected chi connectivity index (χ1v) is 11.0. The van der Waals surface area contributed by atoms with E-state index in [1.54, 1.807) is 12.1 Å². The molecule has 1 N–H and O–H groups in total. The van der Waals surface area contributed by atoms with E-state index in [0.29, 0.717) is 26.1 Å². The average molecular weight is 415 g/mol. The second-order valence-corrected chi connectivity index (χ2v) is 9.94. The van der Waals surface area contributed by atoms with Crippen LogP contribution >= 0.6 is 0 Å². The predicted octanol–water partition coefficient (Wildman–Crippen LogP) is 2.40. The third-order valence-electron chi connectivity index (χ3n) is 6.01. The van der Waals surface area contributed by atoms with Crippen LogP contribution in [0.4, 0.5) is 0 Å². The maximum absolute atomic E-state index is 12.3. The quantitative estimate of drug-likeness (QED) is 0.564. The van der Waals surface area contributed by atoms with Crippen LogP contribution in [0.1, 0.15) is 39.2 Å². The number of aryl methyl sites for hydroxylation is 1. The molecule has 158 valence electrons. The lowest BCUT2D eigenvalue weighted by Crippen LogP contribution is -2.65. The molecule has 1 saturated carbocycles. The predicted molar refractivity (Wildman–Crippen MR) is 102 cm³/mol. The van der Waals surface area contributed by atoms with Gasteiger partial charge >= 0.3 is 0 Å². The fraction of sp³-hybridized carbons (Fsp3) is 0.700. The van der Waals surface area contributed by atoms with Crippen molar-refractivity contribution < 1.29 is 31.9 Å². The summed E-state index contributed by atoms with van der Waals surface area (Å²) in [6.45, 7) is 8.46. The maximum Gasteiger partial charge on any atom is 0.297 e. The molecule has 1 saturated heterocycles. The summed E-state index contributed by atoms with van der Waals surface area (Å²) in [7, 11) is -3.84. The first-order valence-electron chi connectivity index (χ1n) is 9.59. The number of ether oxygens (including phenoxy) is 3. The van der Waals surface area contributed by atoms with Gasteiger partial charge in [-0.2, -0.15) is 8.42 Å². The number of aliphatic hydroxyl groups excluding tert-OH is 1. The van der Waals surface area contributed by atoms with Gasteiger partial charge < -0.3 is 19.3 Å². The molecule has 2 fully saturated rings. The molecule has 1 aromatic carbocycles. The number of hydrogen-bond donors (Lipinski definition) is 1. The Morgan fingerprint density at radius 1 is 1.07 bits per heavy atom. The zero-order valence-corrected chi connectivity index (χ0v) is 17.8. The van der Waals surface area contributed by atoms with Gasteiger partial charge in [0.2, 0.25) is 0 Å². The minimum Gasteiger partial charge on any atom is -0.389 e. The highest BCUT2D eigenvalue weighted by atomic mass is 32.2. The Kier molecular flexibility index (Phi) is 5.93. The minimum absolute atomic E-state index is 0.0451. The molecule has 0 aromatic heterocycles. The molecular weight excluding hydrogens is 384 g/mol. The van der Waals surface area contributed by atoms with Gasteiger partial charge in [-0.15, -0.1) is 0 Å². The van der Waals surface area contributed by atoms with Crippen molar-refractivity contribution in [3.63, 3.8) is 0 Å². The fourth-order valence-electron chi connectivity index (χ4n) is 4.16. The molecule has 2 atom stereocenters. The van der Waals surface area contributed by atoms with Crippen molar-refractivity contribution in [3.8, 4) is 0 Å². The van der Waals surface area contributed by atoms with Gasteiger partial charge in [0.25, 0.3) is 10.1 Å². The Hall–Kier alpha value is -1.03. The van der Waals surface area contributed by atoms with Crippen LogP contribution in [0.5, 0.6) is 0 Å². The van der Waals surface area contributed by atoms with Crippen molar-refractivity contribution >= 4 is 10.1 Å². The summed E-state index contributed by atoms with van der Waals surface area (Å²) in [6, 6.07) is 6.47. The standard InChI is InChI=1S/C20H30O7S/c1-15-5-7-16(8-6-15)28(22,23)27-14-13-24-19(4)9-10-20(25-11-12-26-20)18(2,3)17(19)21/h5-8,17,21H,9-14H2,1-4H3/t17-,19-/m0/s1. The molecule has 7 nitrogen and oxygen atoms in total. The number of hydrogen-bond acceptors (Lipinski definition) is 7. The molecule has 1 spiro atoms. The van der Waals surface area contributed by atoms with Gasteiger partial charge in [0.1, 0.15) is 0 Å². The summed E-state index contributed by atoms with van der Waals surface area (Å²) in [4.78, 5) is 0.112. The molecule has 1 aliphatic carbocycles. The van der Waals surface area contributed by atoms with E-state index in [1.165, 1.54) is 12.1 Å². The Balaban J connectivity index is 1.58. The minimum atomic E-state index is -3.84. The zero-order chi connectivity index (χ0) is 20.6. The van der Waals surface area contributed by atoms with Crippen molar-refractivity contribution in [2.75, 3.05) is 26.4 Å². The molecular formula is C20H30O7S. The van der Waals surface area contributed by atoms with Crippen molar-refractivity contribution in [2.24, 2.45) is 5.41 Å². The molecule has 1 aromatic rings. The van der Waals surface area contributed by atoms with Crippen molar-refractivity contribution in [1.82, 2.24) is 0 Å². The van der Waals surface area contributed by atoms with Gasteiger partial charge in [-0.3, -0.25) is 4.18 Å². The molecule has 2 aliphatic rings. The number of rotatable bonds is 6. The second-order valence-electron chi connectivity index (χ2n) is 8.32. The van der Waals surface area contributed by atoms with E-state index in [0.717, 1.165) is 5.56 Å². The molecule has 1 aliphatic heterocycles. The van der Waals surface area contributed by atoms with E-state index >= 15 is 0 Å². The monoisotopic (exact) mass is 414 g/mol. The first-order chi connectivity index (χ1) is 13.0. The topological polar surface area (TPSA) is 91.3 Å². The average Bonchev–Trinajstić information content (AvgIpc) is 3.13. The van der Waals surface area contributed by atoms with Crippen LogP contribution < -0.4 is 0 Å². The highest BCUT2D eigenvalue weighted by Crippen LogP contribution is 2.53. The van der Waals surface area contributed by atoms with Crippen LogP contribution in [0.3, 0.4) is 0 Å². The third kappa shape index (κ3) is 3.86. The van der Waals surface area contributed by atoms with Crippen LogP contribution in [0, 0.1) is 12.3 Å². The van der Waals surface area contributed by atoms with E-state index in [4.69, 9.17) is 18.4 Å². The zero-order valence-electron chi connectivity index (χ0n) is 16.9. The largest absolute Gasteiger partial charge is 0.389 e. The van der Waals surface area contributed by atoms with Crippen LogP contribution in [0.15, 0.2) is 29.2 Å². The van der Waals surface area contributed by atoms with Crippen LogP contribution in [-0.2, 0) is 28.5 Å². The van der Waals surface area contributed by atoms with Gasteiger partial charge in [-0.1, -0.05) is 31.5 Å². The van der Waals surface area contributed by atoms with Gasteiger partial charge in [-0.25, -0.2) is 0 Å². The van der Waals surface area contributed by atoms with Crippen LogP contribution in [0.25, 0.3) is 0 Å². The number of benzene rings is 1. The molecule has 0 amide bonds. The van der Waals surface area contributed by atoms with Gasteiger partial charge in [0.15, 0.2) is 5.79 Å². The fourth-order valence-corrected chi connectivity index (χ4v) is 5.05. The Labute approximate surface area is 167 Å². The Morgan fingerprint density at radius 2 is 1.68 bits per heavy atom. The SMILES string of the molecule is Cc1ccc(S(=O)(=O)OCCO[C@@]2(C)CCC3(OCCO3)C(C)(C)[C@@H]2O)cc1. The summed E-state index contributed by atoms with van der Waals surface area (Å²) in [5, 5.41) is 11.0. The molecule has 28 heavy (non-hydrogen) atoms. The highest BCUT2D eigenvalue weighted by Gasteiger charge is 2.62. The van der Waals surface area contributed by atoms with E-state index in [1.807, 2.05) is 27.7 Å². The summed E-state index contributed by atoms with van der Waals surface area (Å²) in [6.07, 6.45) is 0.277. The third-order valence-corrected chi connectivity index (χ3v) is 7.34. The molecule has 0 radical (unpaired) electrons. The summed E-state index contributed by atoms with van der Waals surface area (Å²) >= 11 is 0. The van der Waals surface area contributed by atoms with Crippen molar-refractivity contribution in [3.05, 3.63) is 29.8 Å². The summed E-state index contributed by atoms with van der Waals surface area (Å²) in [5.74, 6) is -0.805. The molecule has 0 bridgehead atoms. The maximum atomic E-state index is 12.3. The lowest BCUT2D eigenvalue weighted by atomic mass is 9.63. The molecule has 0 unspecified atom stereocenters. The van der Waals surface area contributed by atoms with E-state index in [2.05, 4.69) is 0 Å². The second kappa shape index (κ2) is 7.66. The summed E-state index contributed by atoms with van der Waals surface area (Å²) < 4.78 is 47.2. The molecule has 8 heteroatoms. The number of aliphatic hydroxyl groups is 1. The smallest absolute Gasteiger partial charge is 0.297 e. The van der Waals surface area contributed by atoms with Gasteiger partial charge in [-0.05, 0) is 32.4 Å². The van der Waals surface area contributed by atoms with E-state index in [9.17, 15) is 13.5 Å². The highest BCUT2D eigenvalue weighted by molar-refractivity contribution is 7.86. The lowest BCUT2D eigenvalue weighted by molar-refractivity contribution is -0.313. The van der Waals surface area contributed by atoms with Crippen LogP contribution in [0.2, 0.25) is 0 Å². The van der Waals surface area contributed by atoms with Gasteiger partial charge in [0, 0.05) is 11.8 Å². The normalized spacial score (nSPS) is 29.2. The first kappa shape index (κ1) is 21.7. The summed E-state index contributed by atoms with van der Waals surface area (Å²) in [5.41, 5.74) is -0.552. The Morgan fingerprint density at radius 3 is 2.29 bits per heavy atom. The molecule has 3 rings (SSSR count).